The molecule has 27 heavy (non-hydrogen) atoms. The summed E-state index contributed by atoms with van der Waals surface area (Å²) in [5, 5.41) is 12.6. The van der Waals surface area contributed by atoms with Crippen LogP contribution in [0.5, 0.6) is 0 Å². The van der Waals surface area contributed by atoms with Crippen molar-refractivity contribution in [3.8, 4) is 0 Å². The summed E-state index contributed by atoms with van der Waals surface area (Å²) in [5.41, 5.74) is 0.285. The molecular weight excluding hydrogens is 355 g/mol. The van der Waals surface area contributed by atoms with Crippen LogP contribution < -0.4 is 4.73 Å². The number of para-hydroxylation sites is 2. The van der Waals surface area contributed by atoms with E-state index in [1.54, 1.807) is 25.1 Å². The Morgan fingerprint density at radius 2 is 1.78 bits per heavy atom. The molecule has 0 aliphatic rings. The Morgan fingerprint density at radius 1 is 1.07 bits per heavy atom. The van der Waals surface area contributed by atoms with E-state index in [4.69, 9.17) is 9.47 Å². The van der Waals surface area contributed by atoms with Crippen molar-refractivity contribution in [1.29, 1.82) is 0 Å². The van der Waals surface area contributed by atoms with E-state index in [2.05, 4.69) is 4.98 Å². The molecule has 0 fully saturated rings. The van der Waals surface area contributed by atoms with Crippen LogP contribution >= 0.6 is 0 Å². The number of carbonyl (C=O) groups excluding carboxylic acids is 2. The largest absolute Gasteiger partial charge is 0.618 e. The third-order valence-electron chi connectivity index (χ3n) is 3.72. The fraction of sp³-hybridized carbons (Fsp3) is 0.158. The van der Waals surface area contributed by atoms with Gasteiger partial charge in [0.05, 0.1) is 12.2 Å². The predicted molar refractivity (Wildman–Crippen MR) is 92.2 cm³/mol. The van der Waals surface area contributed by atoms with Crippen LogP contribution in [-0.2, 0) is 16.1 Å². The first-order chi connectivity index (χ1) is 13.0. The van der Waals surface area contributed by atoms with Crippen LogP contribution in [0.4, 0.5) is 4.39 Å². The summed E-state index contributed by atoms with van der Waals surface area (Å²) in [6.45, 7) is 1.26. The third-order valence-corrected chi connectivity index (χ3v) is 3.72. The van der Waals surface area contributed by atoms with E-state index in [0.29, 0.717) is 10.2 Å². The molecule has 1 heterocycles. The molecule has 0 atom stereocenters. The van der Waals surface area contributed by atoms with Crippen molar-refractivity contribution in [3.05, 3.63) is 76.5 Å². The lowest BCUT2D eigenvalue weighted by atomic mass is 10.2. The molecule has 8 heteroatoms. The highest BCUT2D eigenvalue weighted by Gasteiger charge is 2.28. The highest BCUT2D eigenvalue weighted by Crippen LogP contribution is 2.14. The monoisotopic (exact) mass is 370 g/mol. The van der Waals surface area contributed by atoms with Gasteiger partial charge in [0, 0.05) is 6.07 Å². The van der Waals surface area contributed by atoms with Crippen molar-refractivity contribution >= 4 is 23.0 Å². The van der Waals surface area contributed by atoms with Gasteiger partial charge in [-0.05, 0) is 37.3 Å². The third kappa shape index (κ3) is 3.84. The van der Waals surface area contributed by atoms with Gasteiger partial charge in [0.15, 0.2) is 5.69 Å². The Morgan fingerprint density at radius 3 is 2.48 bits per heavy atom. The Hall–Kier alpha value is -3.55. The van der Waals surface area contributed by atoms with Crippen molar-refractivity contribution in [3.63, 3.8) is 0 Å². The zero-order chi connectivity index (χ0) is 19.4. The van der Waals surface area contributed by atoms with Crippen LogP contribution in [0, 0.1) is 11.0 Å². The van der Waals surface area contributed by atoms with Gasteiger partial charge >= 0.3 is 17.6 Å². The second-order valence-electron chi connectivity index (χ2n) is 5.49. The molecule has 0 aliphatic heterocycles. The first kappa shape index (κ1) is 18.2. The van der Waals surface area contributed by atoms with Gasteiger partial charge in [0.25, 0.3) is 0 Å². The fourth-order valence-corrected chi connectivity index (χ4v) is 2.47. The number of nitrogens with zero attached hydrogens (tertiary/aromatic N) is 2. The zero-order valence-corrected chi connectivity index (χ0v) is 14.3. The van der Waals surface area contributed by atoms with E-state index in [9.17, 15) is 19.2 Å². The second-order valence-corrected chi connectivity index (χ2v) is 5.49. The minimum Gasteiger partial charge on any atom is -0.618 e. The van der Waals surface area contributed by atoms with Crippen LogP contribution in [0.15, 0.2) is 48.5 Å². The smallest absolute Gasteiger partial charge is 0.407 e. The zero-order valence-electron chi connectivity index (χ0n) is 14.3. The molecule has 0 bridgehead atoms. The average molecular weight is 370 g/mol. The highest BCUT2D eigenvalue weighted by atomic mass is 19.1. The number of hydrogen-bond acceptors (Lipinski definition) is 6. The highest BCUT2D eigenvalue weighted by molar-refractivity contribution is 5.90. The average Bonchev–Trinajstić information content (AvgIpc) is 2.67. The first-order valence-electron chi connectivity index (χ1n) is 8.12. The molecule has 0 saturated heterocycles. The number of halogens is 1. The van der Waals surface area contributed by atoms with E-state index in [0.717, 1.165) is 12.1 Å². The van der Waals surface area contributed by atoms with Crippen molar-refractivity contribution in [2.45, 2.75) is 13.5 Å². The number of benzene rings is 2. The maximum Gasteiger partial charge on any atom is 0.407 e. The lowest BCUT2D eigenvalue weighted by Crippen LogP contribution is -2.39. The summed E-state index contributed by atoms with van der Waals surface area (Å²) in [6, 6.07) is 11.2. The minimum absolute atomic E-state index is 0.0300. The summed E-state index contributed by atoms with van der Waals surface area (Å²) in [4.78, 5) is 28.6. The molecule has 138 valence electrons. The normalized spacial score (nSPS) is 10.6. The van der Waals surface area contributed by atoms with Gasteiger partial charge in [-0.1, -0.05) is 12.1 Å². The number of hydrogen-bond donors (Lipinski definition) is 0. The quantitative estimate of drug-likeness (QED) is 0.389. The number of esters is 2. The van der Waals surface area contributed by atoms with E-state index >= 15 is 0 Å². The van der Waals surface area contributed by atoms with E-state index in [-0.39, 0.29) is 29.1 Å². The lowest BCUT2D eigenvalue weighted by molar-refractivity contribution is -0.581. The van der Waals surface area contributed by atoms with E-state index in [1.165, 1.54) is 18.2 Å². The van der Waals surface area contributed by atoms with Crippen LogP contribution in [0.25, 0.3) is 11.0 Å². The first-order valence-corrected chi connectivity index (χ1v) is 8.12. The topological polar surface area (TPSA) is 92.4 Å². The molecule has 0 saturated carbocycles. The molecule has 3 rings (SSSR count). The number of rotatable bonds is 5. The maximum absolute atomic E-state index is 13.0. The summed E-state index contributed by atoms with van der Waals surface area (Å²) in [5.74, 6) is -2.09. The lowest BCUT2D eigenvalue weighted by Gasteiger charge is -2.11. The van der Waals surface area contributed by atoms with Crippen LogP contribution in [0.3, 0.4) is 0 Å². The van der Waals surface area contributed by atoms with Gasteiger partial charge in [-0.25, -0.2) is 19.0 Å². The van der Waals surface area contributed by atoms with Crippen molar-refractivity contribution < 1.29 is 28.2 Å². The molecule has 1 aromatic heterocycles. The van der Waals surface area contributed by atoms with Gasteiger partial charge < -0.3 is 14.7 Å². The SMILES string of the molecule is CCOC(=O)c1c(COC(=O)c2ccc(F)cc2)nc2ccccc2[n+]1[O-]. The van der Waals surface area contributed by atoms with Crippen LogP contribution in [-0.4, -0.2) is 23.5 Å². The molecule has 0 unspecified atom stereocenters. The van der Waals surface area contributed by atoms with Crippen molar-refractivity contribution in [1.82, 2.24) is 4.98 Å². The van der Waals surface area contributed by atoms with E-state index < -0.39 is 24.4 Å². The number of aromatic nitrogens is 2. The van der Waals surface area contributed by atoms with Gasteiger partial charge in [-0.2, -0.15) is 4.73 Å². The summed E-state index contributed by atoms with van der Waals surface area (Å²) >= 11 is 0. The fourth-order valence-electron chi connectivity index (χ4n) is 2.47. The van der Waals surface area contributed by atoms with Gasteiger partial charge in [0.1, 0.15) is 17.9 Å². The minimum atomic E-state index is -0.862. The summed E-state index contributed by atoms with van der Waals surface area (Å²) < 4.78 is 23.4. The summed E-state index contributed by atoms with van der Waals surface area (Å²) in [7, 11) is 0. The number of fused-ring (bicyclic) bond motifs is 1. The van der Waals surface area contributed by atoms with Crippen LogP contribution in [0.1, 0.15) is 33.5 Å². The Bertz CT molecular complexity index is 1000. The number of ether oxygens (including phenoxy) is 2. The molecule has 0 aliphatic carbocycles. The van der Waals surface area contributed by atoms with Gasteiger partial charge in [-0.15, -0.1) is 0 Å². The van der Waals surface area contributed by atoms with Crippen molar-refractivity contribution in [2.24, 2.45) is 0 Å². The Kier molecular flexibility index (Phi) is 5.25. The predicted octanol–water partition coefficient (Wildman–Crippen LogP) is 2.54. The molecular formula is C19H15FN2O5. The molecule has 2 aromatic carbocycles. The van der Waals surface area contributed by atoms with Crippen molar-refractivity contribution in [2.75, 3.05) is 6.61 Å². The Labute approximate surface area is 153 Å². The molecule has 0 N–H and O–H groups in total. The summed E-state index contributed by atoms with van der Waals surface area (Å²) in [6.07, 6.45) is 0. The second kappa shape index (κ2) is 7.77. The van der Waals surface area contributed by atoms with Gasteiger partial charge in [0.2, 0.25) is 5.52 Å². The van der Waals surface area contributed by atoms with Crippen LogP contribution in [0.2, 0.25) is 0 Å². The standard InChI is InChI=1S/C19H15FN2O5/c1-2-26-19(24)17-15(21-14-5-3-4-6-16(14)22(17)25)11-27-18(23)12-7-9-13(20)10-8-12/h3-10H,2,11H2,1H3. The molecule has 3 aromatic rings. The van der Waals surface area contributed by atoms with Gasteiger partial charge in [-0.3, -0.25) is 0 Å². The van der Waals surface area contributed by atoms with E-state index in [1.807, 2.05) is 0 Å². The molecule has 0 spiro atoms. The molecule has 0 radical (unpaired) electrons. The molecule has 7 nitrogen and oxygen atoms in total. The Balaban J connectivity index is 1.94. The maximum atomic E-state index is 13.0. The number of carbonyl (C=O) groups is 2. The molecule has 0 amide bonds.